The summed E-state index contributed by atoms with van der Waals surface area (Å²) in [5.74, 6) is -0.288. The van der Waals surface area contributed by atoms with Crippen LogP contribution in [0.15, 0.2) is 11.6 Å². The molecule has 1 atom stereocenters. The van der Waals surface area contributed by atoms with Gasteiger partial charge < -0.3 is 20.7 Å². The molecule has 9 heteroatoms. The molecule has 0 bridgehead atoms. The van der Waals surface area contributed by atoms with E-state index in [1.807, 2.05) is 13.8 Å². The van der Waals surface area contributed by atoms with Gasteiger partial charge in [0.1, 0.15) is 12.2 Å². The van der Waals surface area contributed by atoms with Crippen molar-refractivity contribution in [1.29, 1.82) is 0 Å². The number of nitrogens with one attached hydrogen (secondary N) is 2. The zero-order valence-corrected chi connectivity index (χ0v) is 12.1. The summed E-state index contributed by atoms with van der Waals surface area (Å²) < 4.78 is 1.39. The lowest BCUT2D eigenvalue weighted by Crippen LogP contribution is -2.41. The molecule has 2 N–H and O–H groups in total. The Morgan fingerprint density at radius 1 is 1.50 bits per heavy atom. The molecular formula is C11H15N5O3S. The maximum Gasteiger partial charge on any atom is 0.372 e. The average Bonchev–Trinajstić information content (AvgIpc) is 2.86. The van der Waals surface area contributed by atoms with Crippen molar-refractivity contribution >= 4 is 33.8 Å². The SMILES string of the molecule is CC(C)NC(=O)C(C)Nc1nc2sccn2c1[N+](=O)[O-]. The van der Waals surface area contributed by atoms with Crippen LogP contribution in [0.3, 0.4) is 0 Å². The first kappa shape index (κ1) is 14.3. The predicted molar refractivity (Wildman–Crippen MR) is 76.1 cm³/mol. The molecule has 0 saturated carbocycles. The second-order valence-corrected chi connectivity index (χ2v) is 5.50. The number of aromatic nitrogens is 2. The Bertz CT molecular complexity index is 648. The molecular weight excluding hydrogens is 282 g/mol. The summed E-state index contributed by atoms with van der Waals surface area (Å²) in [5, 5.41) is 18.4. The molecule has 0 radical (unpaired) electrons. The maximum absolute atomic E-state index is 11.8. The molecule has 0 aliphatic heterocycles. The number of hydrogen-bond donors (Lipinski definition) is 2. The van der Waals surface area contributed by atoms with Crippen molar-refractivity contribution in [1.82, 2.24) is 14.7 Å². The summed E-state index contributed by atoms with van der Waals surface area (Å²) in [6.07, 6.45) is 1.58. The first-order chi connectivity index (χ1) is 9.40. The van der Waals surface area contributed by atoms with E-state index in [9.17, 15) is 14.9 Å². The van der Waals surface area contributed by atoms with Gasteiger partial charge in [0, 0.05) is 11.4 Å². The monoisotopic (exact) mass is 297 g/mol. The molecule has 2 heterocycles. The zero-order valence-electron chi connectivity index (χ0n) is 11.3. The number of anilines is 1. The minimum atomic E-state index is -0.610. The van der Waals surface area contributed by atoms with Crippen molar-refractivity contribution in [3.8, 4) is 0 Å². The van der Waals surface area contributed by atoms with Gasteiger partial charge in [0.2, 0.25) is 11.7 Å². The number of carbonyl (C=O) groups excluding carboxylic acids is 1. The van der Waals surface area contributed by atoms with Gasteiger partial charge in [-0.2, -0.15) is 9.38 Å². The molecule has 0 saturated heterocycles. The van der Waals surface area contributed by atoms with Crippen LogP contribution in [0.5, 0.6) is 0 Å². The molecule has 0 fully saturated rings. The molecule has 2 aromatic rings. The Kier molecular flexibility index (Phi) is 3.89. The minimum Gasteiger partial charge on any atom is -0.358 e. The summed E-state index contributed by atoms with van der Waals surface area (Å²) in [5.41, 5.74) is 0. The van der Waals surface area contributed by atoms with Crippen molar-refractivity contribution in [3.05, 3.63) is 21.7 Å². The fourth-order valence-corrected chi connectivity index (χ4v) is 2.43. The van der Waals surface area contributed by atoms with Crippen molar-refractivity contribution in [2.24, 2.45) is 0 Å². The number of nitrogens with zero attached hydrogens (tertiary/aromatic N) is 3. The summed E-state index contributed by atoms with van der Waals surface area (Å²) in [6.45, 7) is 5.33. The lowest BCUT2D eigenvalue weighted by molar-refractivity contribution is -0.389. The smallest absolute Gasteiger partial charge is 0.358 e. The highest BCUT2D eigenvalue weighted by atomic mass is 32.1. The number of nitro groups is 1. The second kappa shape index (κ2) is 5.45. The van der Waals surface area contributed by atoms with Crippen LogP contribution in [0, 0.1) is 10.1 Å². The molecule has 1 amide bonds. The van der Waals surface area contributed by atoms with Gasteiger partial charge in [-0.25, -0.2) is 0 Å². The number of imidazole rings is 1. The van der Waals surface area contributed by atoms with Crippen molar-refractivity contribution in [2.75, 3.05) is 5.32 Å². The topological polar surface area (TPSA) is 102 Å². The van der Waals surface area contributed by atoms with Crippen LogP contribution in [-0.4, -0.2) is 32.3 Å². The second-order valence-electron chi connectivity index (χ2n) is 4.63. The van der Waals surface area contributed by atoms with Crippen LogP contribution in [0.1, 0.15) is 20.8 Å². The van der Waals surface area contributed by atoms with Crippen LogP contribution < -0.4 is 10.6 Å². The average molecular weight is 297 g/mol. The van der Waals surface area contributed by atoms with Crippen LogP contribution in [0.2, 0.25) is 0 Å². The van der Waals surface area contributed by atoms with E-state index in [4.69, 9.17) is 0 Å². The van der Waals surface area contributed by atoms with Gasteiger partial charge in [-0.15, -0.1) is 0 Å². The van der Waals surface area contributed by atoms with Gasteiger partial charge >= 0.3 is 5.82 Å². The van der Waals surface area contributed by atoms with Gasteiger partial charge in [0.25, 0.3) is 4.96 Å². The first-order valence-electron chi connectivity index (χ1n) is 6.07. The molecule has 108 valence electrons. The molecule has 0 spiro atoms. The molecule has 0 aromatic carbocycles. The molecule has 2 aromatic heterocycles. The van der Waals surface area contributed by atoms with E-state index in [0.717, 1.165) is 0 Å². The van der Waals surface area contributed by atoms with E-state index in [2.05, 4.69) is 15.6 Å². The fourth-order valence-electron chi connectivity index (χ4n) is 1.73. The number of amides is 1. The Balaban J connectivity index is 2.25. The minimum absolute atomic E-state index is 0.00669. The fraction of sp³-hybridized carbons (Fsp3) is 0.455. The Labute approximate surface area is 119 Å². The lowest BCUT2D eigenvalue weighted by atomic mass is 10.3. The van der Waals surface area contributed by atoms with Crippen LogP contribution in [-0.2, 0) is 4.79 Å². The van der Waals surface area contributed by atoms with Gasteiger partial charge in [-0.05, 0) is 25.7 Å². The third-order valence-corrected chi connectivity index (χ3v) is 3.34. The summed E-state index contributed by atoms with van der Waals surface area (Å²) in [6, 6.07) is -0.604. The van der Waals surface area contributed by atoms with Gasteiger partial charge in [-0.1, -0.05) is 11.3 Å². The van der Waals surface area contributed by atoms with E-state index in [-0.39, 0.29) is 23.6 Å². The maximum atomic E-state index is 11.8. The molecule has 20 heavy (non-hydrogen) atoms. The standard InChI is InChI=1S/C11H15N5O3S/c1-6(2)12-9(17)7(3)13-8-10(16(18)19)15-4-5-20-11(15)14-8/h4-7,13H,1-3H3,(H,12,17). The molecule has 0 aliphatic carbocycles. The molecule has 1 unspecified atom stereocenters. The van der Waals surface area contributed by atoms with Gasteiger partial charge in [-0.3, -0.25) is 4.79 Å². The van der Waals surface area contributed by atoms with Crippen LogP contribution in [0.25, 0.3) is 4.96 Å². The lowest BCUT2D eigenvalue weighted by Gasteiger charge is -2.15. The number of thiazole rings is 1. The van der Waals surface area contributed by atoms with Crippen molar-refractivity contribution < 1.29 is 9.72 Å². The van der Waals surface area contributed by atoms with Crippen molar-refractivity contribution in [2.45, 2.75) is 32.9 Å². The number of rotatable bonds is 5. The third kappa shape index (κ3) is 2.72. The largest absolute Gasteiger partial charge is 0.372 e. The number of carbonyl (C=O) groups is 1. The summed E-state index contributed by atoms with van der Waals surface area (Å²) in [4.78, 5) is 27.1. The highest BCUT2D eigenvalue weighted by Crippen LogP contribution is 2.28. The Hall–Kier alpha value is -2.16. The summed E-state index contributed by atoms with van der Waals surface area (Å²) in [7, 11) is 0. The molecule has 2 rings (SSSR count). The highest BCUT2D eigenvalue weighted by Gasteiger charge is 2.26. The number of fused-ring (bicyclic) bond motifs is 1. The Morgan fingerprint density at radius 2 is 2.20 bits per heavy atom. The van der Waals surface area contributed by atoms with E-state index in [0.29, 0.717) is 4.96 Å². The van der Waals surface area contributed by atoms with E-state index < -0.39 is 11.0 Å². The first-order valence-corrected chi connectivity index (χ1v) is 6.95. The van der Waals surface area contributed by atoms with E-state index in [1.54, 1.807) is 18.5 Å². The van der Waals surface area contributed by atoms with Gasteiger partial charge in [0.05, 0.1) is 0 Å². The molecule has 0 aliphatic rings. The quantitative estimate of drug-likeness (QED) is 0.645. The van der Waals surface area contributed by atoms with E-state index in [1.165, 1.54) is 15.7 Å². The summed E-state index contributed by atoms with van der Waals surface area (Å²) >= 11 is 1.29. The van der Waals surface area contributed by atoms with Crippen LogP contribution >= 0.6 is 11.3 Å². The van der Waals surface area contributed by atoms with Crippen molar-refractivity contribution in [3.63, 3.8) is 0 Å². The molecule has 8 nitrogen and oxygen atoms in total. The zero-order chi connectivity index (χ0) is 14.9. The van der Waals surface area contributed by atoms with Gasteiger partial charge in [0.15, 0.2) is 0 Å². The predicted octanol–water partition coefficient (Wildman–Crippen LogP) is 1.63. The Morgan fingerprint density at radius 3 is 2.80 bits per heavy atom. The highest BCUT2D eigenvalue weighted by molar-refractivity contribution is 7.15. The number of hydrogen-bond acceptors (Lipinski definition) is 6. The third-order valence-electron chi connectivity index (χ3n) is 2.59. The normalized spacial score (nSPS) is 12.6. The van der Waals surface area contributed by atoms with Crippen LogP contribution in [0.4, 0.5) is 11.6 Å². The van der Waals surface area contributed by atoms with E-state index >= 15 is 0 Å².